The zero-order chi connectivity index (χ0) is 15.0. The van der Waals surface area contributed by atoms with Gasteiger partial charge in [-0.2, -0.15) is 0 Å². The minimum absolute atomic E-state index is 0.0912. The molecule has 2 unspecified atom stereocenters. The molecular formula is C15H31N3O2. The predicted molar refractivity (Wildman–Crippen MR) is 81.8 cm³/mol. The lowest BCUT2D eigenvalue weighted by molar-refractivity contribution is 0.188. The van der Waals surface area contributed by atoms with Crippen LogP contribution in [-0.2, 0) is 0 Å². The van der Waals surface area contributed by atoms with Crippen LogP contribution in [0.1, 0.15) is 52.9 Å². The number of hydrogen-bond acceptors (Lipinski definition) is 3. The molecule has 2 amide bonds. The summed E-state index contributed by atoms with van der Waals surface area (Å²) in [5, 5.41) is 15.1. The van der Waals surface area contributed by atoms with E-state index in [1.54, 1.807) is 0 Å². The monoisotopic (exact) mass is 285 g/mol. The van der Waals surface area contributed by atoms with Crippen LogP contribution in [0.2, 0.25) is 0 Å². The first-order chi connectivity index (χ1) is 9.49. The highest BCUT2D eigenvalue weighted by Crippen LogP contribution is 2.13. The van der Waals surface area contributed by atoms with Crippen LogP contribution >= 0.6 is 0 Å². The molecule has 2 atom stereocenters. The van der Waals surface area contributed by atoms with E-state index in [0.717, 1.165) is 26.1 Å². The lowest BCUT2D eigenvalue weighted by Gasteiger charge is -2.32. The molecule has 1 saturated heterocycles. The Morgan fingerprint density at radius 3 is 2.55 bits per heavy atom. The Labute approximate surface area is 123 Å². The summed E-state index contributed by atoms with van der Waals surface area (Å²) in [4.78, 5) is 14.4. The van der Waals surface area contributed by atoms with Crippen molar-refractivity contribution in [2.45, 2.75) is 64.5 Å². The second-order valence-electron chi connectivity index (χ2n) is 6.25. The Balaban J connectivity index is 2.32. The second kappa shape index (κ2) is 8.47. The van der Waals surface area contributed by atoms with Crippen LogP contribution in [0.3, 0.4) is 0 Å². The van der Waals surface area contributed by atoms with E-state index in [4.69, 9.17) is 5.11 Å². The van der Waals surface area contributed by atoms with E-state index in [0.29, 0.717) is 6.42 Å². The SMILES string of the molecule is CCC(C)(CCO)NC(=O)NC(C)CN1CCCCC1. The van der Waals surface area contributed by atoms with E-state index in [9.17, 15) is 4.79 Å². The largest absolute Gasteiger partial charge is 0.396 e. The van der Waals surface area contributed by atoms with Gasteiger partial charge >= 0.3 is 6.03 Å². The maximum atomic E-state index is 12.0. The molecule has 5 nitrogen and oxygen atoms in total. The smallest absolute Gasteiger partial charge is 0.315 e. The molecule has 1 heterocycles. The quantitative estimate of drug-likeness (QED) is 0.667. The van der Waals surface area contributed by atoms with Crippen molar-refractivity contribution in [1.82, 2.24) is 15.5 Å². The first-order valence-corrected chi connectivity index (χ1v) is 7.91. The van der Waals surface area contributed by atoms with Crippen molar-refractivity contribution in [1.29, 1.82) is 0 Å². The normalized spacial score (nSPS) is 21.0. The maximum Gasteiger partial charge on any atom is 0.315 e. The van der Waals surface area contributed by atoms with Crippen molar-refractivity contribution in [3.05, 3.63) is 0 Å². The topological polar surface area (TPSA) is 64.6 Å². The van der Waals surface area contributed by atoms with Gasteiger partial charge in [-0.15, -0.1) is 0 Å². The average Bonchev–Trinajstić information content (AvgIpc) is 2.39. The van der Waals surface area contributed by atoms with E-state index < -0.39 is 0 Å². The van der Waals surface area contributed by atoms with E-state index in [2.05, 4.69) is 15.5 Å². The van der Waals surface area contributed by atoms with Crippen LogP contribution in [0.15, 0.2) is 0 Å². The third-order valence-corrected chi connectivity index (χ3v) is 4.22. The predicted octanol–water partition coefficient (Wildman–Crippen LogP) is 1.71. The number of carbonyl (C=O) groups excluding carboxylic acids is 1. The summed E-state index contributed by atoms with van der Waals surface area (Å²) in [7, 11) is 0. The summed E-state index contributed by atoms with van der Waals surface area (Å²) < 4.78 is 0. The van der Waals surface area contributed by atoms with Gasteiger partial charge < -0.3 is 20.6 Å². The molecule has 1 fully saturated rings. The molecule has 0 saturated carbocycles. The summed E-state index contributed by atoms with van der Waals surface area (Å²) in [6, 6.07) is 0.00985. The van der Waals surface area contributed by atoms with Crippen molar-refractivity contribution in [3.63, 3.8) is 0 Å². The van der Waals surface area contributed by atoms with Crippen LogP contribution in [-0.4, -0.2) is 53.9 Å². The Hall–Kier alpha value is -0.810. The molecule has 118 valence electrons. The highest BCUT2D eigenvalue weighted by atomic mass is 16.3. The average molecular weight is 285 g/mol. The highest BCUT2D eigenvalue weighted by Gasteiger charge is 2.24. The minimum Gasteiger partial charge on any atom is -0.396 e. The van der Waals surface area contributed by atoms with Gasteiger partial charge in [0.15, 0.2) is 0 Å². The Morgan fingerprint density at radius 2 is 2.00 bits per heavy atom. The molecule has 1 aliphatic heterocycles. The lowest BCUT2D eigenvalue weighted by Crippen LogP contribution is -2.54. The van der Waals surface area contributed by atoms with Crippen LogP contribution in [0.25, 0.3) is 0 Å². The number of urea groups is 1. The van der Waals surface area contributed by atoms with Crippen LogP contribution in [0.4, 0.5) is 4.79 Å². The lowest BCUT2D eigenvalue weighted by atomic mass is 9.95. The Bertz CT molecular complexity index is 293. The molecule has 1 aliphatic rings. The number of nitrogens with one attached hydrogen (secondary N) is 2. The molecular weight excluding hydrogens is 254 g/mol. The van der Waals surface area contributed by atoms with Gasteiger partial charge in [-0.1, -0.05) is 13.3 Å². The highest BCUT2D eigenvalue weighted by molar-refractivity contribution is 5.75. The number of amides is 2. The number of aliphatic hydroxyl groups excluding tert-OH is 1. The van der Waals surface area contributed by atoms with Gasteiger partial charge in [-0.25, -0.2) is 4.79 Å². The first-order valence-electron chi connectivity index (χ1n) is 7.91. The molecule has 0 aliphatic carbocycles. The molecule has 3 N–H and O–H groups in total. The number of aliphatic hydroxyl groups is 1. The molecule has 1 rings (SSSR count). The van der Waals surface area contributed by atoms with Gasteiger partial charge in [0.2, 0.25) is 0 Å². The third-order valence-electron chi connectivity index (χ3n) is 4.22. The summed E-state index contributed by atoms with van der Waals surface area (Å²) in [6.45, 7) is 9.33. The first kappa shape index (κ1) is 17.2. The number of piperidine rings is 1. The molecule has 0 aromatic heterocycles. The van der Waals surface area contributed by atoms with E-state index in [1.165, 1.54) is 19.3 Å². The second-order valence-corrected chi connectivity index (χ2v) is 6.25. The number of carbonyl (C=O) groups is 1. The van der Waals surface area contributed by atoms with Crippen molar-refractivity contribution in [2.75, 3.05) is 26.2 Å². The Morgan fingerprint density at radius 1 is 1.35 bits per heavy atom. The van der Waals surface area contributed by atoms with Gasteiger partial charge in [0.25, 0.3) is 0 Å². The molecule has 0 aromatic carbocycles. The molecule has 20 heavy (non-hydrogen) atoms. The van der Waals surface area contributed by atoms with Gasteiger partial charge in [0, 0.05) is 24.7 Å². The zero-order valence-corrected chi connectivity index (χ0v) is 13.2. The van der Waals surface area contributed by atoms with Gasteiger partial charge in [0.1, 0.15) is 0 Å². The molecule has 0 spiro atoms. The fourth-order valence-electron chi connectivity index (χ4n) is 2.68. The molecule has 5 heteroatoms. The molecule has 0 radical (unpaired) electrons. The number of nitrogens with zero attached hydrogens (tertiary/aromatic N) is 1. The number of rotatable bonds is 7. The number of likely N-dealkylation sites (tertiary alicyclic amines) is 1. The standard InChI is InChI=1S/C15H31N3O2/c1-4-15(3,8-11-19)17-14(20)16-13(2)12-18-9-6-5-7-10-18/h13,19H,4-12H2,1-3H3,(H2,16,17,20). The van der Waals surface area contributed by atoms with Crippen LogP contribution in [0, 0.1) is 0 Å². The van der Waals surface area contributed by atoms with Crippen LogP contribution < -0.4 is 10.6 Å². The van der Waals surface area contributed by atoms with Crippen molar-refractivity contribution in [3.8, 4) is 0 Å². The Kier molecular flexibility index (Phi) is 7.30. The third kappa shape index (κ3) is 6.09. The van der Waals surface area contributed by atoms with E-state index in [1.807, 2.05) is 20.8 Å². The summed E-state index contributed by atoms with van der Waals surface area (Å²) >= 11 is 0. The number of hydrogen-bond donors (Lipinski definition) is 3. The minimum atomic E-state index is -0.330. The van der Waals surface area contributed by atoms with E-state index >= 15 is 0 Å². The zero-order valence-electron chi connectivity index (χ0n) is 13.2. The fraction of sp³-hybridized carbons (Fsp3) is 0.933. The van der Waals surface area contributed by atoms with Gasteiger partial charge in [0.05, 0.1) is 0 Å². The van der Waals surface area contributed by atoms with Gasteiger partial charge in [-0.3, -0.25) is 0 Å². The molecule has 0 aromatic rings. The summed E-state index contributed by atoms with van der Waals surface area (Å²) in [6.07, 6.45) is 5.25. The van der Waals surface area contributed by atoms with E-state index in [-0.39, 0.29) is 24.2 Å². The summed E-state index contributed by atoms with van der Waals surface area (Å²) in [5.41, 5.74) is -0.330. The van der Waals surface area contributed by atoms with Crippen LogP contribution in [0.5, 0.6) is 0 Å². The maximum absolute atomic E-state index is 12.0. The fourth-order valence-corrected chi connectivity index (χ4v) is 2.68. The van der Waals surface area contributed by atoms with Crippen molar-refractivity contribution >= 4 is 6.03 Å². The summed E-state index contributed by atoms with van der Waals surface area (Å²) in [5.74, 6) is 0. The van der Waals surface area contributed by atoms with Gasteiger partial charge in [-0.05, 0) is 52.6 Å². The molecule has 0 bridgehead atoms. The van der Waals surface area contributed by atoms with Crippen molar-refractivity contribution in [2.24, 2.45) is 0 Å². The van der Waals surface area contributed by atoms with Crippen molar-refractivity contribution < 1.29 is 9.90 Å².